The molecule has 0 saturated heterocycles. The van der Waals surface area contributed by atoms with E-state index in [4.69, 9.17) is 14.4 Å². The molecule has 4 heterocycles. The Morgan fingerprint density at radius 1 is 0.394 bits per heavy atom. The normalized spacial score (nSPS) is 12.8. The molecule has 10 rings (SSSR count). The van der Waals surface area contributed by atoms with Crippen LogP contribution < -0.4 is 0 Å². The molecule has 0 unspecified atom stereocenters. The zero-order valence-corrected chi connectivity index (χ0v) is 40.7. The molecule has 4 aromatic heterocycles. The minimum absolute atomic E-state index is 0.00937. The van der Waals surface area contributed by atoms with Gasteiger partial charge in [0, 0.05) is 49.9 Å². The summed E-state index contributed by atoms with van der Waals surface area (Å²) in [6, 6.07) is 51.1. The van der Waals surface area contributed by atoms with Crippen molar-refractivity contribution in [1.29, 1.82) is 0 Å². The average molecular weight is 864 g/mol. The first-order valence-corrected chi connectivity index (χ1v) is 23.5. The second kappa shape index (κ2) is 15.4. The number of aromatic nitrogens is 3. The summed E-state index contributed by atoms with van der Waals surface area (Å²) in [5.41, 5.74) is 19.0. The number of fused-ring (bicyclic) bond motifs is 6. The highest BCUT2D eigenvalue weighted by Crippen LogP contribution is 2.44. The molecular formula is C62H61N3O. The molecule has 0 fully saturated rings. The molecule has 0 bridgehead atoms. The highest BCUT2D eigenvalue weighted by molar-refractivity contribution is 6.13. The number of benzene rings is 6. The van der Waals surface area contributed by atoms with Gasteiger partial charge in [0.25, 0.3) is 0 Å². The Morgan fingerprint density at radius 3 is 1.67 bits per heavy atom. The van der Waals surface area contributed by atoms with Crippen molar-refractivity contribution in [3.8, 4) is 56.0 Å². The molecule has 4 nitrogen and oxygen atoms in total. The minimum atomic E-state index is -0.118. The Morgan fingerprint density at radius 2 is 0.985 bits per heavy atom. The molecule has 0 atom stereocenters. The van der Waals surface area contributed by atoms with Crippen LogP contribution in [0.5, 0.6) is 0 Å². The number of pyridine rings is 2. The topological polar surface area (TPSA) is 54.7 Å². The van der Waals surface area contributed by atoms with E-state index < -0.39 is 0 Å². The van der Waals surface area contributed by atoms with Gasteiger partial charge < -0.3 is 9.40 Å². The Balaban J connectivity index is 1.31. The van der Waals surface area contributed by atoms with Crippen LogP contribution in [0.1, 0.15) is 105 Å². The van der Waals surface area contributed by atoms with E-state index >= 15 is 0 Å². The molecule has 0 saturated carbocycles. The van der Waals surface area contributed by atoms with E-state index in [0.717, 1.165) is 83.4 Å². The van der Waals surface area contributed by atoms with Gasteiger partial charge >= 0.3 is 0 Å². The largest absolute Gasteiger partial charge is 0.455 e. The number of nitrogens with zero attached hydrogens (tertiary/aromatic N) is 2. The van der Waals surface area contributed by atoms with Gasteiger partial charge in [0.2, 0.25) is 0 Å². The van der Waals surface area contributed by atoms with Crippen LogP contribution in [0, 0.1) is 0 Å². The van der Waals surface area contributed by atoms with E-state index in [-0.39, 0.29) is 21.7 Å². The van der Waals surface area contributed by atoms with E-state index in [1.165, 1.54) is 38.6 Å². The van der Waals surface area contributed by atoms with Crippen LogP contribution in [0.4, 0.5) is 0 Å². The lowest BCUT2D eigenvalue weighted by atomic mass is 9.78. The maximum absolute atomic E-state index is 6.89. The molecule has 0 aliphatic heterocycles. The fraction of sp³-hybridized carbons (Fsp3) is 0.258. The number of hydrogen-bond donors (Lipinski definition) is 1. The molecule has 0 spiro atoms. The maximum Gasteiger partial charge on any atom is 0.144 e. The first kappa shape index (κ1) is 43.1. The molecule has 6 aromatic carbocycles. The molecule has 330 valence electrons. The van der Waals surface area contributed by atoms with Crippen molar-refractivity contribution in [2.75, 3.05) is 0 Å². The predicted molar refractivity (Wildman–Crippen MR) is 281 cm³/mol. The van der Waals surface area contributed by atoms with Gasteiger partial charge in [0.1, 0.15) is 11.2 Å². The highest BCUT2D eigenvalue weighted by Gasteiger charge is 2.26. The summed E-state index contributed by atoms with van der Waals surface area (Å²) in [6.45, 7) is 27.6. The Labute approximate surface area is 390 Å². The van der Waals surface area contributed by atoms with E-state index in [9.17, 15) is 0 Å². The first-order valence-electron chi connectivity index (χ1n) is 23.5. The van der Waals surface area contributed by atoms with Crippen molar-refractivity contribution in [2.45, 2.75) is 105 Å². The number of furan rings is 1. The molecular weight excluding hydrogens is 803 g/mol. The number of H-pyrrole nitrogens is 1. The van der Waals surface area contributed by atoms with Crippen LogP contribution >= 0.6 is 0 Å². The van der Waals surface area contributed by atoms with E-state index in [2.05, 4.69) is 222 Å². The van der Waals surface area contributed by atoms with Gasteiger partial charge in [-0.25, -0.2) is 4.98 Å². The standard InChI is InChI=1S/C62H61N3O/c1-59(2,3)42-22-23-52-47(34-42)48-35-45(62(10,11)12)36-50(57(48)65-52)54-31-40(39-26-43(60(4,5)6)33-44(27-39)61(7,8)9)32-55(64-54)51-29-41(28-49-46-20-16-17-21-56(46)66-58(49)51)53-30-38(24-25-63-53)37-18-14-13-15-19-37/h13-36,65H,1-12H3. The average Bonchev–Trinajstić information content (AvgIpc) is 3.85. The summed E-state index contributed by atoms with van der Waals surface area (Å²) >= 11 is 0. The van der Waals surface area contributed by atoms with Gasteiger partial charge in [-0.3, -0.25) is 4.98 Å². The smallest absolute Gasteiger partial charge is 0.144 e. The number of aromatic amines is 1. The summed E-state index contributed by atoms with van der Waals surface area (Å²) in [5.74, 6) is 0. The van der Waals surface area contributed by atoms with Crippen LogP contribution in [-0.4, -0.2) is 15.0 Å². The van der Waals surface area contributed by atoms with E-state index in [0.29, 0.717) is 0 Å². The molecule has 0 aliphatic rings. The van der Waals surface area contributed by atoms with Crippen molar-refractivity contribution < 1.29 is 4.42 Å². The summed E-state index contributed by atoms with van der Waals surface area (Å²) in [4.78, 5) is 14.7. The lowest BCUT2D eigenvalue weighted by Crippen LogP contribution is -2.16. The number of rotatable bonds is 5. The highest BCUT2D eigenvalue weighted by atomic mass is 16.3. The Hall–Kier alpha value is -6.78. The molecule has 10 aromatic rings. The van der Waals surface area contributed by atoms with Crippen LogP contribution in [0.25, 0.3) is 99.8 Å². The number of para-hydroxylation sites is 1. The van der Waals surface area contributed by atoms with Crippen molar-refractivity contribution in [3.05, 3.63) is 168 Å². The summed E-state index contributed by atoms with van der Waals surface area (Å²) in [5, 5.41) is 4.54. The molecule has 4 heteroatoms. The monoisotopic (exact) mass is 863 g/mol. The quantitative estimate of drug-likeness (QED) is 0.188. The van der Waals surface area contributed by atoms with Crippen molar-refractivity contribution in [1.82, 2.24) is 15.0 Å². The lowest BCUT2D eigenvalue weighted by molar-refractivity contribution is 0.569. The van der Waals surface area contributed by atoms with Gasteiger partial charge in [0.05, 0.1) is 22.6 Å². The fourth-order valence-electron chi connectivity index (χ4n) is 9.30. The first-order chi connectivity index (χ1) is 31.2. The minimum Gasteiger partial charge on any atom is -0.455 e. The summed E-state index contributed by atoms with van der Waals surface area (Å²) in [7, 11) is 0. The fourth-order valence-corrected chi connectivity index (χ4v) is 9.30. The zero-order valence-electron chi connectivity index (χ0n) is 40.7. The van der Waals surface area contributed by atoms with Gasteiger partial charge in [-0.1, -0.05) is 156 Å². The van der Waals surface area contributed by atoms with Crippen molar-refractivity contribution in [2.24, 2.45) is 0 Å². The van der Waals surface area contributed by atoms with Crippen LogP contribution in [0.2, 0.25) is 0 Å². The lowest BCUT2D eigenvalue weighted by Gasteiger charge is -2.26. The Kier molecular flexibility index (Phi) is 10.1. The Bertz CT molecular complexity index is 3470. The number of hydrogen-bond acceptors (Lipinski definition) is 3. The zero-order chi connectivity index (χ0) is 46.5. The predicted octanol–water partition coefficient (Wildman–Crippen LogP) is 17.5. The maximum atomic E-state index is 6.89. The van der Waals surface area contributed by atoms with Gasteiger partial charge in [-0.05, 0) is 133 Å². The third-order valence-electron chi connectivity index (χ3n) is 13.5. The van der Waals surface area contributed by atoms with E-state index in [1.54, 1.807) is 0 Å². The van der Waals surface area contributed by atoms with Gasteiger partial charge in [-0.2, -0.15) is 0 Å². The second-order valence-electron chi connectivity index (χ2n) is 22.6. The third kappa shape index (κ3) is 7.91. The summed E-state index contributed by atoms with van der Waals surface area (Å²) < 4.78 is 6.89. The van der Waals surface area contributed by atoms with E-state index in [1.807, 2.05) is 12.3 Å². The second-order valence-corrected chi connectivity index (χ2v) is 22.6. The summed E-state index contributed by atoms with van der Waals surface area (Å²) in [6.07, 6.45) is 1.92. The molecule has 66 heavy (non-hydrogen) atoms. The molecule has 0 amide bonds. The van der Waals surface area contributed by atoms with Crippen molar-refractivity contribution in [3.63, 3.8) is 0 Å². The van der Waals surface area contributed by atoms with Gasteiger partial charge in [0.15, 0.2) is 0 Å². The molecule has 0 aliphatic carbocycles. The van der Waals surface area contributed by atoms with Crippen molar-refractivity contribution >= 4 is 43.7 Å². The SMILES string of the molecule is CC(C)(C)c1cc(-c2cc(-c3cc(C(C)(C)C)cc4c3[nH]c3ccc(C(C)(C)C)cc34)nc(-c3cc(-c4cc(-c5ccccc5)ccn4)cc4c3oc3ccccc34)c2)cc(C(C)(C)C)c1. The van der Waals surface area contributed by atoms with Crippen LogP contribution in [0.3, 0.4) is 0 Å². The van der Waals surface area contributed by atoms with Crippen LogP contribution in [0.15, 0.2) is 150 Å². The third-order valence-corrected chi connectivity index (χ3v) is 13.5. The molecule has 1 N–H and O–H groups in total. The van der Waals surface area contributed by atoms with Crippen LogP contribution in [-0.2, 0) is 21.7 Å². The molecule has 0 radical (unpaired) electrons. The number of nitrogens with one attached hydrogen (secondary N) is 1. The van der Waals surface area contributed by atoms with Gasteiger partial charge in [-0.15, -0.1) is 0 Å².